The van der Waals surface area contributed by atoms with Gasteiger partial charge in [0.2, 0.25) is 0 Å². The van der Waals surface area contributed by atoms with Crippen LogP contribution >= 0.6 is 0 Å². The summed E-state index contributed by atoms with van der Waals surface area (Å²) in [4.78, 5) is 12.7. The number of rotatable bonds is 11. The van der Waals surface area contributed by atoms with Crippen molar-refractivity contribution in [2.45, 2.75) is 59.4 Å². The maximum Gasteiger partial charge on any atom is 0.312 e. The van der Waals surface area contributed by atoms with Crippen LogP contribution < -0.4 is 11.6 Å². The molecule has 6 N–H and O–H groups in total. The van der Waals surface area contributed by atoms with Gasteiger partial charge in [-0.05, 0) is 45.1 Å². The number of aliphatic hydroxyl groups excluding tert-OH is 2. The molecule has 1 rings (SSSR count). The van der Waals surface area contributed by atoms with Gasteiger partial charge in [0.05, 0.1) is 29.9 Å². The molecule has 0 saturated carbocycles. The highest BCUT2D eigenvalue weighted by atomic mass is 16.5. The lowest BCUT2D eigenvalue weighted by Gasteiger charge is -2.48. The van der Waals surface area contributed by atoms with Crippen molar-refractivity contribution in [3.8, 4) is 0 Å². The fraction of sp³-hybridized carbons (Fsp3) is 0.609. The fourth-order valence-electron chi connectivity index (χ4n) is 3.39. The summed E-state index contributed by atoms with van der Waals surface area (Å²) >= 11 is 0. The van der Waals surface area contributed by atoms with Crippen LogP contribution in [0.3, 0.4) is 0 Å². The summed E-state index contributed by atoms with van der Waals surface area (Å²) in [7, 11) is 0. The van der Waals surface area contributed by atoms with Crippen molar-refractivity contribution in [1.29, 1.82) is 0 Å². The van der Waals surface area contributed by atoms with Gasteiger partial charge in [-0.25, -0.2) is 5.84 Å². The number of esters is 1. The predicted molar refractivity (Wildman–Crippen MR) is 119 cm³/mol. The first kappa shape index (κ1) is 25.9. The number of aliphatic hydroxyl groups is 2. The Hall–Kier alpha value is -2.09. The van der Waals surface area contributed by atoms with Gasteiger partial charge >= 0.3 is 5.97 Å². The Morgan fingerprint density at radius 2 is 1.70 bits per heavy atom. The monoisotopic (exact) mass is 421 g/mol. The van der Waals surface area contributed by atoms with Crippen LogP contribution in [0, 0.1) is 10.8 Å². The number of hydrogen-bond acceptors (Lipinski definition) is 7. The molecule has 0 aliphatic heterocycles. The van der Waals surface area contributed by atoms with E-state index in [1.54, 1.807) is 6.20 Å². The lowest BCUT2D eigenvalue weighted by atomic mass is 9.61. The summed E-state index contributed by atoms with van der Waals surface area (Å²) in [5.41, 5.74) is 5.30. The summed E-state index contributed by atoms with van der Waals surface area (Å²) < 4.78 is 5.25. The van der Waals surface area contributed by atoms with Gasteiger partial charge in [0.15, 0.2) is 0 Å². The Morgan fingerprint density at radius 1 is 1.13 bits per heavy atom. The van der Waals surface area contributed by atoms with E-state index in [1.165, 1.54) is 5.01 Å². The van der Waals surface area contributed by atoms with Crippen molar-refractivity contribution in [3.63, 3.8) is 0 Å². The van der Waals surface area contributed by atoms with Gasteiger partial charge in [-0.1, -0.05) is 44.2 Å². The molecule has 1 aromatic carbocycles. The first-order valence-corrected chi connectivity index (χ1v) is 10.3. The SMILES string of the molecule is CC(C)(C(CC(C)(C)C(C)(C)C(=O)OCCO)c1ccccc1)N(N)/C=C(\N)CO. The molecule has 1 aromatic rings. The van der Waals surface area contributed by atoms with Crippen molar-refractivity contribution in [2.75, 3.05) is 19.8 Å². The van der Waals surface area contributed by atoms with E-state index in [0.29, 0.717) is 6.42 Å². The van der Waals surface area contributed by atoms with E-state index < -0.39 is 16.4 Å². The minimum atomic E-state index is -0.801. The normalized spacial score (nSPS) is 14.4. The zero-order valence-corrected chi connectivity index (χ0v) is 19.2. The smallest absolute Gasteiger partial charge is 0.312 e. The van der Waals surface area contributed by atoms with E-state index in [0.717, 1.165) is 5.56 Å². The Labute approximate surface area is 180 Å². The lowest BCUT2D eigenvalue weighted by Crippen LogP contribution is -2.52. The molecule has 0 aromatic heterocycles. The van der Waals surface area contributed by atoms with E-state index in [-0.39, 0.29) is 37.4 Å². The van der Waals surface area contributed by atoms with Crippen LogP contribution in [0.15, 0.2) is 42.2 Å². The highest BCUT2D eigenvalue weighted by molar-refractivity contribution is 5.77. The number of hydrogen-bond donors (Lipinski definition) is 4. The van der Waals surface area contributed by atoms with E-state index in [4.69, 9.17) is 21.4 Å². The molecule has 1 atom stereocenters. The van der Waals surface area contributed by atoms with Gasteiger partial charge in [0.1, 0.15) is 6.61 Å². The summed E-state index contributed by atoms with van der Waals surface area (Å²) in [5.74, 6) is 5.96. The zero-order valence-electron chi connectivity index (χ0n) is 19.2. The number of carbonyl (C=O) groups excluding carboxylic acids is 1. The predicted octanol–water partition coefficient (Wildman–Crippen LogP) is 2.49. The fourth-order valence-corrected chi connectivity index (χ4v) is 3.39. The van der Waals surface area contributed by atoms with Gasteiger partial charge in [-0.15, -0.1) is 0 Å². The van der Waals surface area contributed by atoms with Gasteiger partial charge in [-0.3, -0.25) is 4.79 Å². The molecular formula is C23H39N3O4. The van der Waals surface area contributed by atoms with Crippen LogP contribution in [0.5, 0.6) is 0 Å². The number of ether oxygens (including phenoxy) is 1. The first-order chi connectivity index (χ1) is 13.8. The van der Waals surface area contributed by atoms with E-state index in [2.05, 4.69) is 0 Å². The largest absolute Gasteiger partial charge is 0.463 e. The Kier molecular flexibility index (Phi) is 8.90. The zero-order chi connectivity index (χ0) is 23.2. The second-order valence-corrected chi connectivity index (χ2v) is 9.46. The third kappa shape index (κ3) is 5.97. The quantitative estimate of drug-likeness (QED) is 0.246. The van der Waals surface area contributed by atoms with Crippen molar-refractivity contribution in [2.24, 2.45) is 22.4 Å². The third-order valence-electron chi connectivity index (χ3n) is 6.45. The molecule has 7 nitrogen and oxygen atoms in total. The summed E-state index contributed by atoms with van der Waals surface area (Å²) in [6.07, 6.45) is 2.18. The molecule has 0 heterocycles. The van der Waals surface area contributed by atoms with Crippen LogP contribution in [-0.2, 0) is 9.53 Å². The molecule has 0 aliphatic carbocycles. The molecule has 1 unspecified atom stereocenters. The van der Waals surface area contributed by atoms with Crippen LogP contribution in [0.1, 0.15) is 59.4 Å². The average Bonchev–Trinajstić information content (AvgIpc) is 2.70. The maximum atomic E-state index is 12.7. The average molecular weight is 422 g/mol. The number of hydrazine groups is 1. The maximum absolute atomic E-state index is 12.7. The van der Waals surface area contributed by atoms with Gasteiger partial charge in [0.25, 0.3) is 0 Å². The third-order valence-corrected chi connectivity index (χ3v) is 6.45. The molecule has 0 aliphatic rings. The molecule has 0 radical (unpaired) electrons. The lowest BCUT2D eigenvalue weighted by molar-refractivity contribution is -0.162. The molecule has 0 spiro atoms. The molecule has 0 fully saturated rings. The van der Waals surface area contributed by atoms with Gasteiger partial charge in [-0.2, -0.15) is 0 Å². The Balaban J connectivity index is 3.35. The standard InChI is InChI=1S/C23H39N3O4/c1-21(2,22(3,4)20(29)30-13-12-27)14-19(17-10-8-7-9-11-17)23(5,6)26(25)15-18(24)16-28/h7-11,15,19,27-28H,12-14,16,24-25H2,1-6H3/b18-15-. The summed E-state index contributed by atoms with van der Waals surface area (Å²) in [6.45, 7) is 11.3. The summed E-state index contributed by atoms with van der Waals surface area (Å²) in [5, 5.41) is 19.8. The molecular weight excluding hydrogens is 382 g/mol. The van der Waals surface area contributed by atoms with Crippen LogP contribution in [0.2, 0.25) is 0 Å². The van der Waals surface area contributed by atoms with Crippen molar-refractivity contribution >= 4 is 5.97 Å². The van der Waals surface area contributed by atoms with Crippen molar-refractivity contribution in [1.82, 2.24) is 5.01 Å². The second-order valence-electron chi connectivity index (χ2n) is 9.46. The number of nitrogens with zero attached hydrogens (tertiary/aromatic N) is 1. The van der Waals surface area contributed by atoms with Crippen molar-refractivity contribution < 1.29 is 19.7 Å². The van der Waals surface area contributed by atoms with E-state index in [9.17, 15) is 9.90 Å². The second kappa shape index (κ2) is 10.3. The minimum Gasteiger partial charge on any atom is -0.463 e. The van der Waals surface area contributed by atoms with E-state index >= 15 is 0 Å². The molecule has 170 valence electrons. The van der Waals surface area contributed by atoms with Crippen LogP contribution in [0.4, 0.5) is 0 Å². The number of carbonyl (C=O) groups is 1. The minimum absolute atomic E-state index is 0.0201. The van der Waals surface area contributed by atoms with Gasteiger partial charge < -0.3 is 25.7 Å². The van der Waals surface area contributed by atoms with Crippen LogP contribution in [-0.4, -0.2) is 46.6 Å². The highest BCUT2D eigenvalue weighted by Crippen LogP contribution is 2.49. The topological polar surface area (TPSA) is 122 Å². The van der Waals surface area contributed by atoms with Crippen molar-refractivity contribution in [3.05, 3.63) is 47.8 Å². The number of nitrogens with two attached hydrogens (primary N) is 2. The molecule has 7 heteroatoms. The molecule has 0 amide bonds. The Morgan fingerprint density at radius 3 is 2.20 bits per heavy atom. The number of benzene rings is 1. The summed E-state index contributed by atoms with van der Waals surface area (Å²) in [6, 6.07) is 10.0. The van der Waals surface area contributed by atoms with E-state index in [1.807, 2.05) is 71.9 Å². The first-order valence-electron chi connectivity index (χ1n) is 10.3. The highest BCUT2D eigenvalue weighted by Gasteiger charge is 2.48. The van der Waals surface area contributed by atoms with Crippen LogP contribution in [0.25, 0.3) is 0 Å². The molecule has 0 bridgehead atoms. The molecule has 30 heavy (non-hydrogen) atoms. The van der Waals surface area contributed by atoms with Gasteiger partial charge in [0, 0.05) is 12.1 Å². The molecule has 0 saturated heterocycles. The Bertz CT molecular complexity index is 714.